The normalized spacial score (nSPS) is 32.2. The van der Waals surface area contributed by atoms with Gasteiger partial charge in [-0.2, -0.15) is 0 Å². The van der Waals surface area contributed by atoms with Crippen LogP contribution in [0.25, 0.3) is 0 Å². The van der Waals surface area contributed by atoms with E-state index in [1.165, 1.54) is 4.88 Å². The van der Waals surface area contributed by atoms with Gasteiger partial charge in [0, 0.05) is 23.5 Å². The average Bonchev–Trinajstić information content (AvgIpc) is 2.96. The molecule has 5 heteroatoms. The Hall–Kier alpha value is -0.940. The largest absolute Gasteiger partial charge is 0.481 e. The summed E-state index contributed by atoms with van der Waals surface area (Å²) < 4.78 is 0. The van der Waals surface area contributed by atoms with E-state index in [-0.39, 0.29) is 12.0 Å². The molecule has 0 aromatic carbocycles. The molecule has 3 heterocycles. The lowest BCUT2D eigenvalue weighted by molar-refractivity contribution is -0.142. The van der Waals surface area contributed by atoms with Crippen LogP contribution in [0.3, 0.4) is 0 Å². The van der Waals surface area contributed by atoms with Crippen LogP contribution in [0.15, 0.2) is 5.51 Å². The summed E-state index contributed by atoms with van der Waals surface area (Å²) in [6, 6.07) is 0.724. The molecule has 3 unspecified atom stereocenters. The number of nitrogens with zero attached hydrogens (tertiary/aromatic N) is 2. The topological polar surface area (TPSA) is 53.4 Å². The second kappa shape index (κ2) is 4.07. The number of rotatable bonds is 3. The van der Waals surface area contributed by atoms with Gasteiger partial charge in [-0.3, -0.25) is 9.69 Å². The maximum absolute atomic E-state index is 11.2. The van der Waals surface area contributed by atoms with Crippen LogP contribution in [0.1, 0.15) is 29.8 Å². The fourth-order valence-corrected chi connectivity index (χ4v) is 4.04. The highest BCUT2D eigenvalue weighted by atomic mass is 32.1. The SMILES string of the molecule is Cc1ncsc1CN1C2CCC1C(C(=O)O)C2. The number of hydrogen-bond donors (Lipinski definition) is 1. The maximum Gasteiger partial charge on any atom is 0.308 e. The molecule has 0 saturated carbocycles. The first-order valence-electron chi connectivity index (χ1n) is 6.04. The number of aromatic nitrogens is 1. The second-order valence-corrected chi connectivity index (χ2v) is 5.95. The molecule has 2 bridgehead atoms. The molecular weight excluding hydrogens is 236 g/mol. The third kappa shape index (κ3) is 1.77. The third-order valence-corrected chi connectivity index (χ3v) is 5.09. The van der Waals surface area contributed by atoms with Gasteiger partial charge in [0.05, 0.1) is 17.1 Å². The molecule has 3 atom stereocenters. The number of aliphatic carboxylic acids is 1. The lowest BCUT2D eigenvalue weighted by atomic mass is 9.89. The third-order valence-electron chi connectivity index (χ3n) is 4.17. The zero-order valence-corrected chi connectivity index (χ0v) is 10.6. The number of carboxylic acids is 1. The van der Waals surface area contributed by atoms with Gasteiger partial charge in [-0.05, 0) is 26.2 Å². The van der Waals surface area contributed by atoms with E-state index >= 15 is 0 Å². The highest BCUT2D eigenvalue weighted by Crippen LogP contribution is 2.43. The van der Waals surface area contributed by atoms with Gasteiger partial charge in [-0.25, -0.2) is 4.98 Å². The summed E-state index contributed by atoms with van der Waals surface area (Å²) in [6.07, 6.45) is 3.03. The standard InChI is InChI=1S/C12H16N2O2S/c1-7-11(17-6-13-7)5-14-8-2-3-10(14)9(4-8)12(15)16/h6,8-10H,2-5H2,1H3,(H,15,16). The zero-order chi connectivity index (χ0) is 12.0. The molecule has 0 aliphatic carbocycles. The molecule has 1 aromatic heterocycles. The van der Waals surface area contributed by atoms with E-state index in [0.29, 0.717) is 6.04 Å². The van der Waals surface area contributed by atoms with E-state index in [1.807, 2.05) is 12.4 Å². The Kier molecular flexibility index (Phi) is 2.67. The van der Waals surface area contributed by atoms with E-state index < -0.39 is 5.97 Å². The Morgan fingerprint density at radius 3 is 3.06 bits per heavy atom. The summed E-state index contributed by atoms with van der Waals surface area (Å²) in [5.74, 6) is -0.773. The molecule has 92 valence electrons. The van der Waals surface area contributed by atoms with Crippen molar-refractivity contribution in [3.05, 3.63) is 16.1 Å². The lowest BCUT2D eigenvalue weighted by Crippen LogP contribution is -2.32. The van der Waals surface area contributed by atoms with Gasteiger partial charge in [-0.15, -0.1) is 11.3 Å². The monoisotopic (exact) mass is 252 g/mol. The van der Waals surface area contributed by atoms with Gasteiger partial charge in [0.1, 0.15) is 0 Å². The van der Waals surface area contributed by atoms with Crippen LogP contribution in [0.5, 0.6) is 0 Å². The first-order chi connectivity index (χ1) is 8.16. The molecule has 17 heavy (non-hydrogen) atoms. The van der Waals surface area contributed by atoms with Gasteiger partial charge in [0.2, 0.25) is 0 Å². The Morgan fingerprint density at radius 2 is 2.47 bits per heavy atom. The van der Waals surface area contributed by atoms with Gasteiger partial charge in [0.25, 0.3) is 0 Å². The van der Waals surface area contributed by atoms with Gasteiger partial charge in [0.15, 0.2) is 0 Å². The quantitative estimate of drug-likeness (QED) is 0.892. The molecule has 1 N–H and O–H groups in total. The van der Waals surface area contributed by atoms with Crippen molar-refractivity contribution in [3.63, 3.8) is 0 Å². The molecule has 4 nitrogen and oxygen atoms in total. The summed E-state index contributed by atoms with van der Waals surface area (Å²) in [4.78, 5) is 19.1. The van der Waals surface area contributed by atoms with Crippen LogP contribution in [-0.2, 0) is 11.3 Å². The van der Waals surface area contributed by atoms with Crippen molar-refractivity contribution < 1.29 is 9.90 Å². The predicted octanol–water partition coefficient (Wildman–Crippen LogP) is 1.89. The molecule has 2 aliphatic rings. The van der Waals surface area contributed by atoms with Crippen LogP contribution < -0.4 is 0 Å². The van der Waals surface area contributed by atoms with Crippen molar-refractivity contribution in [2.75, 3.05) is 0 Å². The molecule has 3 rings (SSSR count). The van der Waals surface area contributed by atoms with Gasteiger partial charge < -0.3 is 5.11 Å². The lowest BCUT2D eigenvalue weighted by Gasteiger charge is -2.22. The minimum Gasteiger partial charge on any atom is -0.481 e. The summed E-state index contributed by atoms with van der Waals surface area (Å²) >= 11 is 1.68. The van der Waals surface area contributed by atoms with E-state index in [1.54, 1.807) is 11.3 Å². The minimum atomic E-state index is -0.622. The fourth-order valence-electron chi connectivity index (χ4n) is 3.26. The number of fused-ring (bicyclic) bond motifs is 2. The first-order valence-corrected chi connectivity index (χ1v) is 6.92. The number of thiazole rings is 1. The summed E-state index contributed by atoms with van der Waals surface area (Å²) in [7, 11) is 0. The maximum atomic E-state index is 11.2. The first kappa shape index (κ1) is 11.2. The Balaban J connectivity index is 1.77. The Morgan fingerprint density at radius 1 is 1.65 bits per heavy atom. The molecule has 0 spiro atoms. The highest BCUT2D eigenvalue weighted by molar-refractivity contribution is 7.09. The van der Waals surface area contributed by atoms with Crippen molar-refractivity contribution in [3.8, 4) is 0 Å². The highest BCUT2D eigenvalue weighted by Gasteiger charge is 2.49. The molecule has 0 radical (unpaired) electrons. The van der Waals surface area contributed by atoms with Crippen LogP contribution in [0.4, 0.5) is 0 Å². The van der Waals surface area contributed by atoms with Gasteiger partial charge >= 0.3 is 5.97 Å². The number of hydrogen-bond acceptors (Lipinski definition) is 4. The number of aryl methyl sites for hydroxylation is 1. The van der Waals surface area contributed by atoms with Crippen LogP contribution >= 0.6 is 11.3 Å². The van der Waals surface area contributed by atoms with Crippen LogP contribution in [0.2, 0.25) is 0 Å². The summed E-state index contributed by atoms with van der Waals surface area (Å²) in [5.41, 5.74) is 2.96. The predicted molar refractivity (Wildman–Crippen MR) is 64.9 cm³/mol. The van der Waals surface area contributed by atoms with Crippen molar-refractivity contribution in [2.24, 2.45) is 5.92 Å². The van der Waals surface area contributed by atoms with Crippen molar-refractivity contribution in [1.29, 1.82) is 0 Å². The van der Waals surface area contributed by atoms with E-state index in [9.17, 15) is 9.90 Å². The molecule has 2 fully saturated rings. The Bertz CT molecular complexity index is 445. The molecular formula is C12H16N2O2S. The number of carbonyl (C=O) groups is 1. The molecule has 2 saturated heterocycles. The van der Waals surface area contributed by atoms with E-state index in [2.05, 4.69) is 9.88 Å². The molecule has 2 aliphatic heterocycles. The summed E-state index contributed by atoms with van der Waals surface area (Å²) in [6.45, 7) is 2.91. The van der Waals surface area contributed by atoms with Crippen molar-refractivity contribution in [2.45, 2.75) is 44.8 Å². The summed E-state index contributed by atoms with van der Waals surface area (Å²) in [5, 5.41) is 9.20. The second-order valence-electron chi connectivity index (χ2n) is 5.01. The average molecular weight is 252 g/mol. The van der Waals surface area contributed by atoms with E-state index in [0.717, 1.165) is 31.5 Å². The van der Waals surface area contributed by atoms with Crippen molar-refractivity contribution >= 4 is 17.3 Å². The van der Waals surface area contributed by atoms with Crippen LogP contribution in [-0.4, -0.2) is 33.0 Å². The molecule has 1 aromatic rings. The minimum absolute atomic E-state index is 0.151. The Labute approximate surface area is 104 Å². The van der Waals surface area contributed by atoms with Crippen LogP contribution in [0, 0.1) is 12.8 Å². The smallest absolute Gasteiger partial charge is 0.308 e. The van der Waals surface area contributed by atoms with E-state index in [4.69, 9.17) is 0 Å². The zero-order valence-electron chi connectivity index (χ0n) is 9.80. The van der Waals surface area contributed by atoms with Crippen molar-refractivity contribution in [1.82, 2.24) is 9.88 Å². The fraction of sp³-hybridized carbons (Fsp3) is 0.667. The number of carboxylic acid groups (broad SMARTS) is 1. The van der Waals surface area contributed by atoms with Gasteiger partial charge in [-0.1, -0.05) is 0 Å². The molecule has 0 amide bonds.